The van der Waals surface area contributed by atoms with Crippen LogP contribution in [0.4, 0.5) is 0 Å². The predicted octanol–water partition coefficient (Wildman–Crippen LogP) is 3.76. The van der Waals surface area contributed by atoms with Gasteiger partial charge in [-0.15, -0.1) is 24.0 Å². The van der Waals surface area contributed by atoms with E-state index >= 15 is 0 Å². The highest BCUT2D eigenvalue weighted by Crippen LogP contribution is 2.15. The van der Waals surface area contributed by atoms with Gasteiger partial charge in [-0.3, -0.25) is 4.99 Å². The predicted molar refractivity (Wildman–Crippen MR) is 105 cm³/mol. The Hall–Kier alpha value is -0.990. The van der Waals surface area contributed by atoms with Crippen LogP contribution in [0.1, 0.15) is 5.56 Å². The molecule has 0 saturated heterocycles. The normalized spacial score (nSPS) is 10.7. The van der Waals surface area contributed by atoms with Gasteiger partial charge in [-0.2, -0.15) is 11.3 Å². The minimum Gasteiger partial charge on any atom is -0.492 e. The number of nitrogens with zero attached hydrogens (tertiary/aromatic N) is 1. The fourth-order valence-electron chi connectivity index (χ4n) is 1.67. The Balaban J connectivity index is 0.00000242. The first-order valence-corrected chi connectivity index (χ1v) is 7.94. The van der Waals surface area contributed by atoms with Crippen LogP contribution in [0.3, 0.4) is 0 Å². The summed E-state index contributed by atoms with van der Waals surface area (Å²) >= 11 is 7.51. The van der Waals surface area contributed by atoms with Gasteiger partial charge in [-0.05, 0) is 46.7 Å². The van der Waals surface area contributed by atoms with Gasteiger partial charge in [0, 0.05) is 18.6 Å². The quantitative estimate of drug-likeness (QED) is 0.304. The fourth-order valence-corrected chi connectivity index (χ4v) is 2.46. The van der Waals surface area contributed by atoms with Gasteiger partial charge in [0.2, 0.25) is 0 Å². The first-order chi connectivity index (χ1) is 10.3. The van der Waals surface area contributed by atoms with Crippen LogP contribution in [0, 0.1) is 0 Å². The zero-order valence-electron chi connectivity index (χ0n) is 12.2. The average molecular weight is 452 g/mol. The van der Waals surface area contributed by atoms with Crippen molar-refractivity contribution in [3.05, 3.63) is 51.7 Å². The zero-order valence-corrected chi connectivity index (χ0v) is 16.1. The number of guanidine groups is 1. The molecular weight excluding hydrogens is 433 g/mol. The van der Waals surface area contributed by atoms with Gasteiger partial charge in [-0.25, -0.2) is 0 Å². The van der Waals surface area contributed by atoms with Crippen LogP contribution in [-0.4, -0.2) is 26.2 Å². The van der Waals surface area contributed by atoms with Crippen molar-refractivity contribution in [3.8, 4) is 5.75 Å². The van der Waals surface area contributed by atoms with E-state index in [0.717, 1.165) is 18.3 Å². The van der Waals surface area contributed by atoms with Gasteiger partial charge >= 0.3 is 0 Å². The summed E-state index contributed by atoms with van der Waals surface area (Å²) in [6.45, 7) is 1.99. The van der Waals surface area contributed by atoms with Gasteiger partial charge in [0.25, 0.3) is 0 Å². The van der Waals surface area contributed by atoms with E-state index in [2.05, 4.69) is 32.5 Å². The largest absolute Gasteiger partial charge is 0.492 e. The topological polar surface area (TPSA) is 45.7 Å². The Bertz CT molecular complexity index is 561. The third kappa shape index (κ3) is 6.85. The van der Waals surface area contributed by atoms with Crippen LogP contribution in [0.5, 0.6) is 5.75 Å². The van der Waals surface area contributed by atoms with E-state index in [-0.39, 0.29) is 24.0 Å². The number of hydrogen-bond acceptors (Lipinski definition) is 3. The fraction of sp³-hybridized carbons (Fsp3) is 0.267. The maximum absolute atomic E-state index is 5.82. The van der Waals surface area contributed by atoms with Gasteiger partial charge in [-0.1, -0.05) is 11.6 Å². The molecular formula is C15H19ClIN3OS. The molecule has 0 spiro atoms. The van der Waals surface area contributed by atoms with Gasteiger partial charge in [0.05, 0.1) is 6.54 Å². The molecule has 0 fully saturated rings. The molecule has 0 saturated carbocycles. The number of thiophene rings is 1. The highest BCUT2D eigenvalue weighted by molar-refractivity contribution is 14.0. The summed E-state index contributed by atoms with van der Waals surface area (Å²) in [5.41, 5.74) is 1.25. The van der Waals surface area contributed by atoms with Crippen LogP contribution < -0.4 is 15.4 Å². The lowest BCUT2D eigenvalue weighted by atomic mass is 10.3. The highest BCUT2D eigenvalue weighted by Gasteiger charge is 1.99. The van der Waals surface area contributed by atoms with Gasteiger partial charge < -0.3 is 15.4 Å². The van der Waals surface area contributed by atoms with Crippen LogP contribution >= 0.6 is 46.9 Å². The van der Waals surface area contributed by atoms with Crippen molar-refractivity contribution in [1.82, 2.24) is 10.6 Å². The maximum Gasteiger partial charge on any atom is 0.191 e. The molecule has 1 aromatic carbocycles. The second-order valence-electron chi connectivity index (χ2n) is 4.29. The lowest BCUT2D eigenvalue weighted by Crippen LogP contribution is -2.38. The van der Waals surface area contributed by atoms with Crippen molar-refractivity contribution in [2.24, 2.45) is 4.99 Å². The van der Waals surface area contributed by atoms with Crippen molar-refractivity contribution in [1.29, 1.82) is 0 Å². The molecule has 0 radical (unpaired) electrons. The van der Waals surface area contributed by atoms with Gasteiger partial charge in [0.15, 0.2) is 5.96 Å². The number of rotatable bonds is 6. The molecule has 0 unspecified atom stereocenters. The summed E-state index contributed by atoms with van der Waals surface area (Å²) in [5, 5.41) is 11.3. The van der Waals surface area contributed by atoms with Crippen molar-refractivity contribution < 1.29 is 4.74 Å². The molecule has 0 aliphatic carbocycles. The van der Waals surface area contributed by atoms with Crippen LogP contribution in [-0.2, 0) is 6.54 Å². The number of aliphatic imine (C=N–C) groups is 1. The summed E-state index contributed by atoms with van der Waals surface area (Å²) in [6, 6.07) is 9.42. The van der Waals surface area contributed by atoms with E-state index in [1.807, 2.05) is 24.3 Å². The Morgan fingerprint density at radius 2 is 2.00 bits per heavy atom. The molecule has 120 valence electrons. The summed E-state index contributed by atoms with van der Waals surface area (Å²) in [4.78, 5) is 4.17. The van der Waals surface area contributed by atoms with Gasteiger partial charge in [0.1, 0.15) is 12.4 Å². The number of ether oxygens (including phenoxy) is 1. The molecule has 0 aliphatic heterocycles. The molecule has 4 nitrogen and oxygen atoms in total. The monoisotopic (exact) mass is 451 g/mol. The third-order valence-electron chi connectivity index (χ3n) is 2.74. The Morgan fingerprint density at radius 3 is 2.64 bits per heavy atom. The molecule has 0 aliphatic rings. The second kappa shape index (κ2) is 10.7. The van der Waals surface area contributed by atoms with E-state index in [1.165, 1.54) is 5.56 Å². The molecule has 0 bridgehead atoms. The summed E-state index contributed by atoms with van der Waals surface area (Å²) < 4.78 is 5.60. The summed E-state index contributed by atoms with van der Waals surface area (Å²) in [5.74, 6) is 1.57. The standard InChI is InChI=1S/C15H18ClN3OS.HI/c1-17-15(19-10-12-6-9-21-11-12)18-7-8-20-14-4-2-13(16)3-5-14;/h2-6,9,11H,7-8,10H2,1H3,(H2,17,18,19);1H. The first-order valence-electron chi connectivity index (χ1n) is 6.62. The lowest BCUT2D eigenvalue weighted by Gasteiger charge is -2.12. The van der Waals surface area contributed by atoms with Crippen molar-refractivity contribution >= 4 is 52.9 Å². The zero-order chi connectivity index (χ0) is 14.9. The number of halogens is 2. The van der Waals surface area contributed by atoms with E-state index in [9.17, 15) is 0 Å². The number of hydrogen-bond donors (Lipinski definition) is 2. The Kier molecular flexibility index (Phi) is 9.26. The second-order valence-corrected chi connectivity index (χ2v) is 5.50. The molecule has 1 aromatic heterocycles. The minimum absolute atomic E-state index is 0. The molecule has 2 aromatic rings. The number of benzene rings is 1. The van der Waals surface area contributed by atoms with E-state index < -0.39 is 0 Å². The van der Waals surface area contributed by atoms with Crippen molar-refractivity contribution in [2.45, 2.75) is 6.54 Å². The first kappa shape index (κ1) is 19.1. The smallest absolute Gasteiger partial charge is 0.191 e. The summed E-state index contributed by atoms with van der Waals surface area (Å²) in [6.07, 6.45) is 0. The van der Waals surface area contributed by atoms with E-state index in [0.29, 0.717) is 18.2 Å². The highest BCUT2D eigenvalue weighted by atomic mass is 127. The molecule has 1 heterocycles. The minimum atomic E-state index is 0. The Labute approximate surface area is 157 Å². The molecule has 2 rings (SSSR count). The third-order valence-corrected chi connectivity index (χ3v) is 3.72. The Morgan fingerprint density at radius 1 is 1.23 bits per heavy atom. The molecule has 0 amide bonds. The SMILES string of the molecule is CN=C(NCCOc1ccc(Cl)cc1)NCc1ccsc1.I. The van der Waals surface area contributed by atoms with Crippen LogP contribution in [0.2, 0.25) is 5.02 Å². The molecule has 22 heavy (non-hydrogen) atoms. The van der Waals surface area contributed by atoms with Crippen LogP contribution in [0.15, 0.2) is 46.1 Å². The lowest BCUT2D eigenvalue weighted by molar-refractivity contribution is 0.322. The molecule has 7 heteroatoms. The molecule has 0 atom stereocenters. The summed E-state index contributed by atoms with van der Waals surface area (Å²) in [7, 11) is 1.75. The van der Waals surface area contributed by atoms with E-state index in [1.54, 1.807) is 18.4 Å². The number of nitrogens with one attached hydrogen (secondary N) is 2. The average Bonchev–Trinajstić information content (AvgIpc) is 3.02. The maximum atomic E-state index is 5.82. The van der Waals surface area contributed by atoms with E-state index in [4.69, 9.17) is 16.3 Å². The van der Waals surface area contributed by atoms with Crippen LogP contribution in [0.25, 0.3) is 0 Å². The van der Waals surface area contributed by atoms with Crippen molar-refractivity contribution in [2.75, 3.05) is 20.2 Å². The molecule has 2 N–H and O–H groups in total. The van der Waals surface area contributed by atoms with Crippen molar-refractivity contribution in [3.63, 3.8) is 0 Å².